The molecule has 0 aromatic rings. The molecule has 116 valence electrons. The molecule has 0 rings (SSSR count). The molecule has 0 aliphatic heterocycles. The molecule has 0 saturated heterocycles. The van der Waals surface area contributed by atoms with Gasteiger partial charge in [-0.2, -0.15) is 8.42 Å². The monoisotopic (exact) mass is 312 g/mol. The van der Waals surface area contributed by atoms with Gasteiger partial charge in [0.2, 0.25) is 0 Å². The normalized spacial score (nSPS) is 14.1. The number of unbranched alkanes of at least 4 members (excludes halogenated alkanes) is 1. The van der Waals surface area contributed by atoms with Crippen molar-refractivity contribution in [3.05, 3.63) is 0 Å². The molecule has 0 fully saturated rings. The summed E-state index contributed by atoms with van der Waals surface area (Å²) in [6.07, 6.45) is 1.40. The van der Waals surface area contributed by atoms with E-state index in [2.05, 4.69) is 0 Å². The molecule has 0 unspecified atom stereocenters. The summed E-state index contributed by atoms with van der Waals surface area (Å²) in [7, 11) is -5.51. The summed E-state index contributed by atoms with van der Waals surface area (Å²) in [5.41, 5.74) is 0. The summed E-state index contributed by atoms with van der Waals surface area (Å²) in [6.45, 7) is 11.2. The number of rotatable bonds is 9. The molecule has 0 N–H and O–H groups in total. The Hall–Kier alpha value is -0.0700. The number of ketones is 1. The number of hydrogen-bond acceptors (Lipinski definition) is 4. The van der Waals surface area contributed by atoms with Crippen LogP contribution in [0.25, 0.3) is 0 Å². The van der Waals surface area contributed by atoms with Crippen LogP contribution >= 0.6 is 10.3 Å². The van der Waals surface area contributed by atoms with Crippen LogP contribution in [-0.2, 0) is 18.5 Å². The highest BCUT2D eigenvalue weighted by molar-refractivity contribution is 8.34. The molecule has 4 nitrogen and oxygen atoms in total. The van der Waals surface area contributed by atoms with Gasteiger partial charge in [0.15, 0.2) is 0 Å². The van der Waals surface area contributed by atoms with Gasteiger partial charge in [0.25, 0.3) is 10.1 Å². The summed E-state index contributed by atoms with van der Waals surface area (Å²) < 4.78 is 29.8. The van der Waals surface area contributed by atoms with E-state index in [1.807, 2.05) is 34.6 Å². The molecule has 0 aromatic carbocycles. The first-order chi connectivity index (χ1) is 8.57. The van der Waals surface area contributed by atoms with Crippen LogP contribution < -0.4 is 0 Å². The van der Waals surface area contributed by atoms with E-state index in [0.717, 1.165) is 6.42 Å². The van der Waals surface area contributed by atoms with Gasteiger partial charge in [-0.3, -0.25) is 4.79 Å². The van der Waals surface area contributed by atoms with Crippen molar-refractivity contribution in [2.24, 2.45) is 0 Å². The maximum Gasteiger partial charge on any atom is 0.276 e. The van der Waals surface area contributed by atoms with Gasteiger partial charge in [-0.1, -0.05) is 41.0 Å². The largest absolute Gasteiger partial charge is 0.299 e. The molecular formula is C13H28O4S2. The quantitative estimate of drug-likeness (QED) is 0.655. The van der Waals surface area contributed by atoms with Crippen molar-refractivity contribution in [3.8, 4) is 0 Å². The lowest BCUT2D eigenvalue weighted by atomic mass is 10.4. The Morgan fingerprint density at radius 2 is 1.58 bits per heavy atom. The van der Waals surface area contributed by atoms with Crippen molar-refractivity contribution >= 4 is 26.2 Å². The highest BCUT2D eigenvalue weighted by Crippen LogP contribution is 2.58. The fourth-order valence-electron chi connectivity index (χ4n) is 1.92. The second-order valence-corrected chi connectivity index (χ2v) is 11.2. The van der Waals surface area contributed by atoms with Crippen molar-refractivity contribution in [2.75, 3.05) is 11.5 Å². The van der Waals surface area contributed by atoms with Crippen molar-refractivity contribution in [2.45, 2.75) is 64.9 Å². The molecular weight excluding hydrogens is 284 g/mol. The molecule has 0 saturated carbocycles. The number of carbonyl (C=O) groups is 1. The van der Waals surface area contributed by atoms with Crippen LogP contribution in [0.5, 0.6) is 0 Å². The summed E-state index contributed by atoms with van der Waals surface area (Å²) >= 11 is 0. The van der Waals surface area contributed by atoms with E-state index in [4.69, 9.17) is 3.63 Å². The molecule has 19 heavy (non-hydrogen) atoms. The van der Waals surface area contributed by atoms with Gasteiger partial charge in [0, 0.05) is 10.5 Å². The van der Waals surface area contributed by atoms with Gasteiger partial charge in [-0.25, -0.2) is 3.63 Å². The van der Waals surface area contributed by atoms with E-state index in [1.54, 1.807) is 0 Å². The molecule has 0 aromatic heterocycles. The average Bonchev–Trinajstić information content (AvgIpc) is 2.23. The van der Waals surface area contributed by atoms with Crippen molar-refractivity contribution < 1.29 is 16.8 Å². The lowest BCUT2D eigenvalue weighted by Crippen LogP contribution is -2.32. The molecule has 0 amide bonds. The van der Waals surface area contributed by atoms with Crippen LogP contribution in [-0.4, -0.2) is 36.2 Å². The first-order valence-electron chi connectivity index (χ1n) is 6.79. The Morgan fingerprint density at radius 1 is 1.11 bits per heavy atom. The first kappa shape index (κ1) is 18.9. The SMILES string of the molecule is CCCCS(=O)(=O)OS(CC(C)=O)(C(C)C)C(C)C. The minimum atomic E-state index is -3.55. The van der Waals surface area contributed by atoms with Crippen LogP contribution in [0.4, 0.5) is 0 Å². The maximum atomic E-state index is 12.1. The molecule has 0 aliphatic rings. The maximum absolute atomic E-state index is 12.1. The minimum absolute atomic E-state index is 0.0110. The summed E-state index contributed by atoms with van der Waals surface area (Å²) in [5.74, 6) is 0.242. The van der Waals surface area contributed by atoms with Crippen molar-refractivity contribution in [1.29, 1.82) is 0 Å². The zero-order chi connectivity index (χ0) is 15.3. The Labute approximate surface area is 119 Å². The molecule has 6 heteroatoms. The van der Waals surface area contributed by atoms with Gasteiger partial charge in [0.05, 0.1) is 11.5 Å². The van der Waals surface area contributed by atoms with E-state index in [0.29, 0.717) is 6.42 Å². The minimum Gasteiger partial charge on any atom is -0.299 e. The van der Waals surface area contributed by atoms with Gasteiger partial charge < -0.3 is 0 Å². The molecule has 0 radical (unpaired) electrons. The zero-order valence-corrected chi connectivity index (χ0v) is 14.6. The second-order valence-electron chi connectivity index (χ2n) is 5.41. The van der Waals surface area contributed by atoms with Gasteiger partial charge in [-0.15, -0.1) is 10.3 Å². The van der Waals surface area contributed by atoms with E-state index in [9.17, 15) is 13.2 Å². The molecule has 0 bridgehead atoms. The van der Waals surface area contributed by atoms with E-state index < -0.39 is 20.4 Å². The lowest BCUT2D eigenvalue weighted by Gasteiger charge is -2.44. The second kappa shape index (κ2) is 7.64. The smallest absolute Gasteiger partial charge is 0.276 e. The van der Waals surface area contributed by atoms with E-state index in [1.165, 1.54) is 6.92 Å². The van der Waals surface area contributed by atoms with Crippen LogP contribution in [0.1, 0.15) is 54.4 Å². The average molecular weight is 312 g/mol. The number of carbonyl (C=O) groups excluding carboxylic acids is 1. The standard InChI is InChI=1S/C13H28O4S2/c1-7-8-9-19(15,16)17-18(11(2)3,12(4)5)10-13(6)14/h11-12H,7-10H2,1-6H3. The Morgan fingerprint density at radius 3 is 1.89 bits per heavy atom. The third-order valence-electron chi connectivity index (χ3n) is 3.00. The number of hydrogen-bond donors (Lipinski definition) is 0. The van der Waals surface area contributed by atoms with Gasteiger partial charge >= 0.3 is 0 Å². The van der Waals surface area contributed by atoms with Crippen LogP contribution in [0.15, 0.2) is 0 Å². The summed E-state index contributed by atoms with van der Waals surface area (Å²) in [5, 5.41) is 0.0700. The van der Waals surface area contributed by atoms with E-state index >= 15 is 0 Å². The molecule has 0 heterocycles. The van der Waals surface area contributed by atoms with Gasteiger partial charge in [0.1, 0.15) is 5.78 Å². The van der Waals surface area contributed by atoms with Crippen LogP contribution in [0.3, 0.4) is 0 Å². The van der Waals surface area contributed by atoms with Crippen molar-refractivity contribution in [3.63, 3.8) is 0 Å². The Bertz CT molecular complexity index is 377. The van der Waals surface area contributed by atoms with Crippen LogP contribution in [0, 0.1) is 0 Å². The molecule has 0 aliphatic carbocycles. The van der Waals surface area contributed by atoms with Crippen molar-refractivity contribution in [1.82, 2.24) is 0 Å². The zero-order valence-electron chi connectivity index (χ0n) is 12.9. The predicted octanol–water partition coefficient (Wildman–Crippen LogP) is 3.26. The third kappa shape index (κ3) is 5.83. The molecule has 0 spiro atoms. The fourth-order valence-corrected chi connectivity index (χ4v) is 8.22. The Balaban J connectivity index is 5.30. The van der Waals surface area contributed by atoms with E-state index in [-0.39, 0.29) is 27.8 Å². The topological polar surface area (TPSA) is 60.4 Å². The lowest BCUT2D eigenvalue weighted by molar-refractivity contribution is -0.114. The van der Waals surface area contributed by atoms with Crippen LogP contribution in [0.2, 0.25) is 0 Å². The first-order valence-corrected chi connectivity index (χ1v) is 10.2. The highest BCUT2D eigenvalue weighted by atomic mass is 32.3. The number of Topliss-reactive ketones (excluding diaryl/α,β-unsaturated/α-hetero) is 1. The molecule has 0 atom stereocenters. The summed E-state index contributed by atoms with van der Waals surface area (Å²) in [6, 6.07) is 0. The predicted molar refractivity (Wildman–Crippen MR) is 83.2 cm³/mol. The fraction of sp³-hybridized carbons (Fsp3) is 0.923. The summed E-state index contributed by atoms with van der Waals surface area (Å²) in [4.78, 5) is 11.5. The Kier molecular flexibility index (Phi) is 7.62. The third-order valence-corrected chi connectivity index (χ3v) is 9.68. The highest BCUT2D eigenvalue weighted by Gasteiger charge is 2.38. The van der Waals surface area contributed by atoms with Gasteiger partial charge in [-0.05, 0) is 13.3 Å².